The molecule has 1 amide bonds. The summed E-state index contributed by atoms with van der Waals surface area (Å²) in [6, 6.07) is 13.0. The smallest absolute Gasteiger partial charge is 0.224 e. The number of halogens is 2. The van der Waals surface area contributed by atoms with Crippen molar-refractivity contribution in [1.82, 2.24) is 5.32 Å². The van der Waals surface area contributed by atoms with Gasteiger partial charge in [0.25, 0.3) is 0 Å². The number of amides is 1. The van der Waals surface area contributed by atoms with E-state index >= 15 is 0 Å². The number of carbonyl (C=O) groups excluding carboxylic acids is 1. The molecule has 4 heteroatoms. The van der Waals surface area contributed by atoms with E-state index in [1.807, 2.05) is 0 Å². The lowest BCUT2D eigenvalue weighted by Crippen LogP contribution is -2.26. The highest BCUT2D eigenvalue weighted by molar-refractivity contribution is 6.30. The third-order valence-electron chi connectivity index (χ3n) is 3.98. The number of hydrogen-bond acceptors (Lipinski definition) is 1. The van der Waals surface area contributed by atoms with E-state index in [-0.39, 0.29) is 12.3 Å². The molecule has 0 radical (unpaired) electrons. The summed E-state index contributed by atoms with van der Waals surface area (Å²) in [6.45, 7) is 4.93. The van der Waals surface area contributed by atoms with Gasteiger partial charge in [0.15, 0.2) is 0 Å². The second kappa shape index (κ2) is 8.84. The van der Waals surface area contributed by atoms with Crippen molar-refractivity contribution >= 4 is 17.5 Å². The molecule has 0 aliphatic heterocycles. The van der Waals surface area contributed by atoms with Crippen molar-refractivity contribution in [3.05, 3.63) is 70.0 Å². The van der Waals surface area contributed by atoms with Crippen molar-refractivity contribution in [1.29, 1.82) is 0 Å². The minimum absolute atomic E-state index is 0.0338. The molecule has 0 saturated heterocycles. The van der Waals surface area contributed by atoms with E-state index in [4.69, 9.17) is 11.6 Å². The van der Waals surface area contributed by atoms with Crippen LogP contribution in [0.4, 0.5) is 4.39 Å². The molecule has 128 valence electrons. The molecule has 0 aliphatic carbocycles. The Bertz CT molecular complexity index is 683. The monoisotopic (exact) mass is 347 g/mol. The first-order valence-electron chi connectivity index (χ1n) is 8.25. The highest BCUT2D eigenvalue weighted by Crippen LogP contribution is 2.16. The summed E-state index contributed by atoms with van der Waals surface area (Å²) in [5, 5.41) is 3.17. The molecular weight excluding hydrogens is 325 g/mol. The summed E-state index contributed by atoms with van der Waals surface area (Å²) in [5.41, 5.74) is 2.95. The van der Waals surface area contributed by atoms with E-state index in [1.54, 1.807) is 12.1 Å². The van der Waals surface area contributed by atoms with E-state index in [0.29, 0.717) is 23.0 Å². The van der Waals surface area contributed by atoms with E-state index in [0.717, 1.165) is 12.8 Å². The summed E-state index contributed by atoms with van der Waals surface area (Å²) in [6.07, 6.45) is 1.80. The van der Waals surface area contributed by atoms with Crippen LogP contribution >= 0.6 is 11.6 Å². The number of rotatable bonds is 7. The fraction of sp³-hybridized carbons (Fsp3) is 0.350. The Morgan fingerprint density at radius 1 is 1.17 bits per heavy atom. The van der Waals surface area contributed by atoms with Crippen LogP contribution in [-0.2, 0) is 17.6 Å². The lowest BCUT2D eigenvalue weighted by molar-refractivity contribution is -0.120. The zero-order valence-corrected chi connectivity index (χ0v) is 14.9. The van der Waals surface area contributed by atoms with Gasteiger partial charge in [-0.1, -0.05) is 55.8 Å². The maximum absolute atomic E-state index is 13.6. The van der Waals surface area contributed by atoms with Gasteiger partial charge in [-0.2, -0.15) is 0 Å². The Balaban J connectivity index is 1.72. The molecule has 24 heavy (non-hydrogen) atoms. The highest BCUT2D eigenvalue weighted by Gasteiger charge is 2.08. The van der Waals surface area contributed by atoms with Gasteiger partial charge in [0.1, 0.15) is 5.82 Å². The average molecular weight is 348 g/mol. The van der Waals surface area contributed by atoms with Crippen LogP contribution in [0.3, 0.4) is 0 Å². The minimum atomic E-state index is -0.442. The molecule has 0 spiro atoms. The molecule has 0 fully saturated rings. The Morgan fingerprint density at radius 3 is 2.50 bits per heavy atom. The Labute approximate surface area is 148 Å². The van der Waals surface area contributed by atoms with Gasteiger partial charge in [-0.25, -0.2) is 4.39 Å². The second-order valence-corrected chi connectivity index (χ2v) is 6.70. The summed E-state index contributed by atoms with van der Waals surface area (Å²) in [7, 11) is 0. The maximum Gasteiger partial charge on any atom is 0.224 e. The SMILES string of the molecule is CC(C)c1ccc(CCCNC(=O)Cc2ccc(Cl)cc2F)cc1. The molecule has 0 bridgehead atoms. The molecule has 0 unspecified atom stereocenters. The molecule has 0 saturated carbocycles. The maximum atomic E-state index is 13.6. The van der Waals surface area contributed by atoms with Crippen LogP contribution in [0.1, 0.15) is 42.9 Å². The summed E-state index contributed by atoms with van der Waals surface area (Å²) in [5.74, 6) is -0.0825. The number of aryl methyl sites for hydroxylation is 1. The normalized spacial score (nSPS) is 10.9. The largest absolute Gasteiger partial charge is 0.356 e. The van der Waals surface area contributed by atoms with E-state index in [1.165, 1.54) is 17.2 Å². The molecule has 0 aromatic heterocycles. The van der Waals surface area contributed by atoms with Crippen LogP contribution in [0, 0.1) is 5.82 Å². The van der Waals surface area contributed by atoms with Crippen molar-refractivity contribution in [2.24, 2.45) is 0 Å². The fourth-order valence-corrected chi connectivity index (χ4v) is 2.65. The summed E-state index contributed by atoms with van der Waals surface area (Å²) >= 11 is 5.70. The predicted octanol–water partition coefficient (Wildman–Crippen LogP) is 4.89. The van der Waals surface area contributed by atoms with Gasteiger partial charge in [0, 0.05) is 11.6 Å². The lowest BCUT2D eigenvalue weighted by atomic mass is 10.0. The van der Waals surface area contributed by atoms with Gasteiger partial charge in [0.2, 0.25) is 5.91 Å². The predicted molar refractivity (Wildman–Crippen MR) is 97.0 cm³/mol. The molecule has 0 atom stereocenters. The first-order valence-corrected chi connectivity index (χ1v) is 8.63. The van der Waals surface area contributed by atoms with Crippen molar-refractivity contribution in [3.8, 4) is 0 Å². The van der Waals surface area contributed by atoms with Gasteiger partial charge in [-0.15, -0.1) is 0 Å². The van der Waals surface area contributed by atoms with Gasteiger partial charge in [-0.05, 0) is 47.6 Å². The van der Waals surface area contributed by atoms with Gasteiger partial charge < -0.3 is 5.32 Å². The van der Waals surface area contributed by atoms with Crippen LogP contribution in [0.5, 0.6) is 0 Å². The third kappa shape index (κ3) is 5.64. The Morgan fingerprint density at radius 2 is 1.88 bits per heavy atom. The molecular formula is C20H23ClFNO. The van der Waals surface area contributed by atoms with Crippen LogP contribution < -0.4 is 5.32 Å². The number of nitrogens with one attached hydrogen (secondary N) is 1. The molecule has 0 heterocycles. The number of hydrogen-bond donors (Lipinski definition) is 1. The molecule has 1 N–H and O–H groups in total. The van der Waals surface area contributed by atoms with E-state index in [2.05, 4.69) is 43.4 Å². The Kier molecular flexibility index (Phi) is 6.80. The van der Waals surface area contributed by atoms with Crippen LogP contribution in [-0.4, -0.2) is 12.5 Å². The van der Waals surface area contributed by atoms with Gasteiger partial charge >= 0.3 is 0 Å². The van der Waals surface area contributed by atoms with Gasteiger partial charge in [0.05, 0.1) is 6.42 Å². The zero-order valence-electron chi connectivity index (χ0n) is 14.1. The highest BCUT2D eigenvalue weighted by atomic mass is 35.5. The van der Waals surface area contributed by atoms with Crippen molar-refractivity contribution in [2.45, 2.75) is 39.0 Å². The first-order chi connectivity index (χ1) is 11.5. The molecule has 2 aromatic rings. The molecule has 0 aliphatic rings. The van der Waals surface area contributed by atoms with Crippen molar-refractivity contribution < 1.29 is 9.18 Å². The van der Waals surface area contributed by atoms with Crippen LogP contribution in [0.15, 0.2) is 42.5 Å². The number of benzene rings is 2. The van der Waals surface area contributed by atoms with Crippen LogP contribution in [0.2, 0.25) is 5.02 Å². The van der Waals surface area contributed by atoms with E-state index in [9.17, 15) is 9.18 Å². The topological polar surface area (TPSA) is 29.1 Å². The zero-order chi connectivity index (χ0) is 17.5. The lowest BCUT2D eigenvalue weighted by Gasteiger charge is -2.08. The van der Waals surface area contributed by atoms with Crippen molar-refractivity contribution in [2.75, 3.05) is 6.54 Å². The summed E-state index contributed by atoms with van der Waals surface area (Å²) in [4.78, 5) is 11.9. The standard InChI is InChI=1S/C20H23ClFNO/c1-14(2)16-7-5-15(6-8-16)4-3-11-23-20(24)12-17-9-10-18(21)13-19(17)22/h5-10,13-14H,3-4,11-12H2,1-2H3,(H,23,24). The molecule has 2 rings (SSSR count). The molecule has 2 nitrogen and oxygen atoms in total. The van der Waals surface area contributed by atoms with Crippen LogP contribution in [0.25, 0.3) is 0 Å². The molecule has 2 aromatic carbocycles. The third-order valence-corrected chi connectivity index (χ3v) is 4.21. The second-order valence-electron chi connectivity index (χ2n) is 6.26. The number of carbonyl (C=O) groups is 1. The van der Waals surface area contributed by atoms with E-state index < -0.39 is 5.82 Å². The Hall–Kier alpha value is -1.87. The summed E-state index contributed by atoms with van der Waals surface area (Å²) < 4.78 is 13.6. The average Bonchev–Trinajstić information content (AvgIpc) is 2.55. The first kappa shape index (κ1) is 18.5. The van der Waals surface area contributed by atoms with Gasteiger partial charge in [-0.3, -0.25) is 4.79 Å². The minimum Gasteiger partial charge on any atom is -0.356 e. The fourth-order valence-electron chi connectivity index (χ4n) is 2.49. The quantitative estimate of drug-likeness (QED) is 0.709. The van der Waals surface area contributed by atoms with Crippen molar-refractivity contribution in [3.63, 3.8) is 0 Å².